The Hall–Kier alpha value is -1.49. The molecular weight excluding hydrogens is 167 g/mol. The first-order valence-electron chi connectivity index (χ1n) is 3.86. The van der Waals surface area contributed by atoms with Crippen LogP contribution in [0.4, 0.5) is 0 Å². The molecule has 0 amide bonds. The van der Waals surface area contributed by atoms with Crippen LogP contribution in [-0.2, 0) is 7.05 Å². The lowest BCUT2D eigenvalue weighted by molar-refractivity contribution is 0.456. The molecule has 65 valence electrons. The average Bonchev–Trinajstić information content (AvgIpc) is 2.47. The van der Waals surface area contributed by atoms with Gasteiger partial charge in [0.15, 0.2) is 0 Å². The first-order valence-corrected chi connectivity index (χ1v) is 3.86. The number of aryl methyl sites for hydroxylation is 1. The van der Waals surface area contributed by atoms with E-state index in [0.717, 1.165) is 10.9 Å². The van der Waals surface area contributed by atoms with Gasteiger partial charge in [0.25, 0.3) is 0 Å². The fourth-order valence-electron chi connectivity index (χ4n) is 1.29. The van der Waals surface area contributed by atoms with E-state index in [9.17, 15) is 0 Å². The molecule has 1 aromatic carbocycles. The minimum atomic E-state index is 0.605. The maximum absolute atomic E-state index is 8.51. The third-order valence-corrected chi connectivity index (χ3v) is 1.80. The van der Waals surface area contributed by atoms with Crippen molar-refractivity contribution in [2.24, 2.45) is 7.05 Å². The van der Waals surface area contributed by atoms with E-state index in [0.29, 0.717) is 13.4 Å². The molecule has 5 heteroatoms. The molecule has 0 atom stereocenters. The summed E-state index contributed by atoms with van der Waals surface area (Å²) >= 11 is 0. The molecule has 0 unspecified atom stereocenters. The molecule has 1 N–H and O–H groups in total. The summed E-state index contributed by atoms with van der Waals surface area (Å²) in [5.41, 5.74) is 0.849. The molecule has 0 aliphatic heterocycles. The minimum Gasteiger partial charge on any atom is -0.537 e. The Morgan fingerprint density at radius 1 is 1.54 bits per heavy atom. The normalized spacial score (nSPS) is 10.3. The van der Waals surface area contributed by atoms with Gasteiger partial charge in [0.1, 0.15) is 5.75 Å². The molecule has 0 aliphatic rings. The standard InChI is InChI=1S/C8H8BN2O2/c1-11-5-6-7(10-11)3-2-4-8(6)13-9-12/h2-5,12H,1H3. The van der Waals surface area contributed by atoms with E-state index in [1.54, 1.807) is 10.7 Å². The third kappa shape index (κ3) is 1.38. The molecule has 2 rings (SSSR count). The molecule has 0 aliphatic carbocycles. The van der Waals surface area contributed by atoms with Gasteiger partial charge in [-0.3, -0.25) is 4.68 Å². The lowest BCUT2D eigenvalue weighted by atomic mass is 10.2. The zero-order valence-electron chi connectivity index (χ0n) is 7.14. The molecule has 13 heavy (non-hydrogen) atoms. The highest BCUT2D eigenvalue weighted by molar-refractivity contribution is 6.18. The Morgan fingerprint density at radius 3 is 3.15 bits per heavy atom. The zero-order valence-corrected chi connectivity index (χ0v) is 7.14. The van der Waals surface area contributed by atoms with Crippen molar-refractivity contribution in [1.29, 1.82) is 0 Å². The van der Waals surface area contributed by atoms with Gasteiger partial charge in [-0.25, -0.2) is 0 Å². The van der Waals surface area contributed by atoms with Crippen LogP contribution in [0.15, 0.2) is 24.4 Å². The minimum absolute atomic E-state index is 0.605. The summed E-state index contributed by atoms with van der Waals surface area (Å²) in [4.78, 5) is 0. The second kappa shape index (κ2) is 3.10. The van der Waals surface area contributed by atoms with Crippen LogP contribution in [-0.4, -0.2) is 22.5 Å². The van der Waals surface area contributed by atoms with Crippen molar-refractivity contribution in [3.05, 3.63) is 24.4 Å². The molecule has 0 fully saturated rings. The number of rotatable bonds is 2. The lowest BCUT2D eigenvalue weighted by Crippen LogP contribution is -1.99. The van der Waals surface area contributed by atoms with E-state index in [1.807, 2.05) is 25.4 Å². The summed E-state index contributed by atoms with van der Waals surface area (Å²) in [5, 5.41) is 13.6. The number of nitrogens with zero attached hydrogens (tertiary/aromatic N) is 2. The van der Waals surface area contributed by atoms with Crippen molar-refractivity contribution in [2.75, 3.05) is 0 Å². The summed E-state index contributed by atoms with van der Waals surface area (Å²) in [7, 11) is 2.51. The molecule has 2 aromatic rings. The fourth-order valence-corrected chi connectivity index (χ4v) is 1.29. The van der Waals surface area contributed by atoms with Crippen molar-refractivity contribution >= 4 is 18.6 Å². The molecule has 0 saturated carbocycles. The van der Waals surface area contributed by atoms with Gasteiger partial charge in [0.2, 0.25) is 0 Å². The molecular formula is C8H8BN2O2. The monoisotopic (exact) mass is 175 g/mol. The highest BCUT2D eigenvalue weighted by Gasteiger charge is 2.04. The van der Waals surface area contributed by atoms with Gasteiger partial charge in [-0.05, 0) is 12.1 Å². The predicted molar refractivity (Wildman–Crippen MR) is 49.3 cm³/mol. The van der Waals surface area contributed by atoms with Gasteiger partial charge in [-0.15, -0.1) is 0 Å². The van der Waals surface area contributed by atoms with Gasteiger partial charge in [-0.1, -0.05) is 6.07 Å². The Morgan fingerprint density at radius 2 is 2.38 bits per heavy atom. The number of hydrogen-bond acceptors (Lipinski definition) is 3. The molecule has 1 aromatic heterocycles. The topological polar surface area (TPSA) is 47.3 Å². The van der Waals surface area contributed by atoms with E-state index in [2.05, 4.69) is 5.10 Å². The van der Waals surface area contributed by atoms with Gasteiger partial charge < -0.3 is 9.68 Å². The van der Waals surface area contributed by atoms with Crippen molar-refractivity contribution in [2.45, 2.75) is 0 Å². The highest BCUT2D eigenvalue weighted by Crippen LogP contribution is 2.23. The van der Waals surface area contributed by atoms with Crippen molar-refractivity contribution in [1.82, 2.24) is 9.78 Å². The van der Waals surface area contributed by atoms with Gasteiger partial charge in [-0.2, -0.15) is 5.10 Å². The molecule has 1 radical (unpaired) electrons. The van der Waals surface area contributed by atoms with E-state index in [-0.39, 0.29) is 0 Å². The maximum Gasteiger partial charge on any atom is 0.569 e. The third-order valence-electron chi connectivity index (χ3n) is 1.80. The van der Waals surface area contributed by atoms with Crippen LogP contribution in [0.3, 0.4) is 0 Å². The largest absolute Gasteiger partial charge is 0.569 e. The van der Waals surface area contributed by atoms with Gasteiger partial charge >= 0.3 is 7.69 Å². The number of benzene rings is 1. The maximum atomic E-state index is 8.51. The molecule has 1 heterocycles. The summed E-state index contributed by atoms with van der Waals surface area (Å²) < 4.78 is 6.61. The van der Waals surface area contributed by atoms with Crippen LogP contribution in [0, 0.1) is 0 Å². The number of fused-ring (bicyclic) bond motifs is 1. The summed E-state index contributed by atoms with van der Waals surface area (Å²) in [5.74, 6) is 0.605. The molecule has 0 bridgehead atoms. The van der Waals surface area contributed by atoms with Crippen molar-refractivity contribution < 1.29 is 9.68 Å². The van der Waals surface area contributed by atoms with Gasteiger partial charge in [0, 0.05) is 13.2 Å². The van der Waals surface area contributed by atoms with Gasteiger partial charge in [0.05, 0.1) is 10.9 Å². The van der Waals surface area contributed by atoms with Crippen LogP contribution in [0.1, 0.15) is 0 Å². The lowest BCUT2D eigenvalue weighted by Gasteiger charge is -2.00. The second-order valence-electron chi connectivity index (χ2n) is 2.71. The predicted octanol–water partition coefficient (Wildman–Crippen LogP) is 0.479. The quantitative estimate of drug-likeness (QED) is 0.675. The van der Waals surface area contributed by atoms with Crippen LogP contribution in [0.25, 0.3) is 10.9 Å². The Labute approximate surface area is 76.1 Å². The molecule has 0 spiro atoms. The Bertz CT molecular complexity index is 427. The van der Waals surface area contributed by atoms with Crippen LogP contribution >= 0.6 is 0 Å². The van der Waals surface area contributed by atoms with E-state index < -0.39 is 0 Å². The first-order chi connectivity index (χ1) is 6.31. The van der Waals surface area contributed by atoms with E-state index >= 15 is 0 Å². The first kappa shape index (κ1) is 8.13. The Balaban J connectivity index is 2.60. The van der Waals surface area contributed by atoms with E-state index in [1.165, 1.54) is 0 Å². The molecule has 0 saturated heterocycles. The van der Waals surface area contributed by atoms with Crippen LogP contribution < -0.4 is 4.65 Å². The summed E-state index contributed by atoms with van der Waals surface area (Å²) in [6.07, 6.45) is 1.84. The second-order valence-corrected chi connectivity index (χ2v) is 2.71. The Kier molecular flexibility index (Phi) is 1.94. The highest BCUT2D eigenvalue weighted by atomic mass is 16.5. The van der Waals surface area contributed by atoms with Crippen LogP contribution in [0.5, 0.6) is 5.75 Å². The SMILES string of the molecule is Cn1cc2c(O[B]O)cccc2n1. The van der Waals surface area contributed by atoms with Crippen LogP contribution in [0.2, 0.25) is 0 Å². The number of aromatic nitrogens is 2. The average molecular weight is 175 g/mol. The zero-order chi connectivity index (χ0) is 9.26. The summed E-state index contributed by atoms with van der Waals surface area (Å²) in [6, 6.07) is 5.49. The number of hydrogen-bond donors (Lipinski definition) is 1. The smallest absolute Gasteiger partial charge is 0.537 e. The van der Waals surface area contributed by atoms with E-state index in [4.69, 9.17) is 9.68 Å². The summed E-state index contributed by atoms with van der Waals surface area (Å²) in [6.45, 7) is 0. The van der Waals surface area contributed by atoms with Crippen molar-refractivity contribution in [3.8, 4) is 5.75 Å². The molecule has 4 nitrogen and oxygen atoms in total. The fraction of sp³-hybridized carbons (Fsp3) is 0.125. The van der Waals surface area contributed by atoms with Crippen molar-refractivity contribution in [3.63, 3.8) is 0 Å².